The van der Waals surface area contributed by atoms with E-state index >= 15 is 0 Å². The number of hydrogen-bond acceptors (Lipinski definition) is 3. The lowest BCUT2D eigenvalue weighted by molar-refractivity contribution is 0.143. The fourth-order valence-electron chi connectivity index (χ4n) is 2.05. The Balaban J connectivity index is 1.75. The Kier molecular flexibility index (Phi) is 4.66. The first-order valence-corrected chi connectivity index (χ1v) is 6.46. The first kappa shape index (κ1) is 12.7. The van der Waals surface area contributed by atoms with Gasteiger partial charge in [-0.05, 0) is 25.1 Å². The minimum atomic E-state index is 0.590. The third kappa shape index (κ3) is 3.87. The summed E-state index contributed by atoms with van der Waals surface area (Å²) in [7, 11) is 0. The van der Waals surface area contributed by atoms with Gasteiger partial charge >= 0.3 is 0 Å². The van der Waals surface area contributed by atoms with E-state index in [1.807, 2.05) is 24.3 Å². The van der Waals surface area contributed by atoms with Crippen molar-refractivity contribution in [2.75, 3.05) is 32.8 Å². The van der Waals surface area contributed by atoms with E-state index in [4.69, 9.17) is 16.3 Å². The van der Waals surface area contributed by atoms with Gasteiger partial charge in [0.1, 0.15) is 12.4 Å². The van der Waals surface area contributed by atoms with Crippen molar-refractivity contribution in [2.24, 2.45) is 0 Å². The summed E-state index contributed by atoms with van der Waals surface area (Å²) in [5, 5.41) is 4.10. The van der Waals surface area contributed by atoms with Crippen molar-refractivity contribution in [3.63, 3.8) is 0 Å². The monoisotopic (exact) mass is 254 g/mol. The lowest BCUT2D eigenvalue weighted by Crippen LogP contribution is -2.50. The van der Waals surface area contributed by atoms with Crippen molar-refractivity contribution < 1.29 is 4.74 Å². The molecule has 1 aromatic rings. The second-order valence-electron chi connectivity index (χ2n) is 4.39. The van der Waals surface area contributed by atoms with Crippen molar-refractivity contribution >= 4 is 11.6 Å². The smallest absolute Gasteiger partial charge is 0.120 e. The number of benzene rings is 1. The van der Waals surface area contributed by atoms with E-state index in [0.29, 0.717) is 12.6 Å². The van der Waals surface area contributed by atoms with Crippen LogP contribution in [0.1, 0.15) is 6.92 Å². The average Bonchev–Trinajstić information content (AvgIpc) is 2.32. The molecule has 1 aliphatic heterocycles. The van der Waals surface area contributed by atoms with Crippen LogP contribution in [0.25, 0.3) is 0 Å². The molecule has 1 fully saturated rings. The van der Waals surface area contributed by atoms with Crippen molar-refractivity contribution in [3.05, 3.63) is 29.3 Å². The quantitative estimate of drug-likeness (QED) is 0.890. The van der Waals surface area contributed by atoms with Gasteiger partial charge in [0.2, 0.25) is 0 Å². The molecule has 0 spiro atoms. The normalized spacial score (nSPS) is 21.4. The maximum Gasteiger partial charge on any atom is 0.120 e. The first-order valence-electron chi connectivity index (χ1n) is 6.09. The fraction of sp³-hybridized carbons (Fsp3) is 0.538. The predicted molar refractivity (Wildman–Crippen MR) is 70.9 cm³/mol. The zero-order chi connectivity index (χ0) is 12.1. The minimum Gasteiger partial charge on any atom is -0.492 e. The number of nitrogens with zero attached hydrogens (tertiary/aromatic N) is 1. The zero-order valence-electron chi connectivity index (χ0n) is 10.2. The van der Waals surface area contributed by atoms with Gasteiger partial charge in [-0.2, -0.15) is 0 Å². The maximum absolute atomic E-state index is 5.90. The van der Waals surface area contributed by atoms with E-state index in [1.165, 1.54) is 0 Å². The zero-order valence-corrected chi connectivity index (χ0v) is 10.9. The molecule has 17 heavy (non-hydrogen) atoms. The number of piperazine rings is 1. The highest BCUT2D eigenvalue weighted by molar-refractivity contribution is 6.30. The highest BCUT2D eigenvalue weighted by atomic mass is 35.5. The molecule has 1 N–H and O–H groups in total. The lowest BCUT2D eigenvalue weighted by atomic mass is 10.2. The molecule has 1 saturated heterocycles. The molecule has 0 aliphatic carbocycles. The van der Waals surface area contributed by atoms with Crippen molar-refractivity contribution in [1.82, 2.24) is 10.2 Å². The van der Waals surface area contributed by atoms with Crippen LogP contribution >= 0.6 is 11.6 Å². The van der Waals surface area contributed by atoms with Crippen LogP contribution in [0.15, 0.2) is 24.3 Å². The van der Waals surface area contributed by atoms with Gasteiger partial charge in [0.25, 0.3) is 0 Å². The van der Waals surface area contributed by atoms with Crippen LogP contribution in [0.4, 0.5) is 0 Å². The van der Waals surface area contributed by atoms with Gasteiger partial charge in [-0.3, -0.25) is 4.90 Å². The van der Waals surface area contributed by atoms with Gasteiger partial charge < -0.3 is 10.1 Å². The molecule has 0 aromatic heterocycles. The Morgan fingerprint density at radius 2 is 2.41 bits per heavy atom. The number of halogens is 1. The Hall–Kier alpha value is -0.770. The Labute approximate surface area is 108 Å². The van der Waals surface area contributed by atoms with Crippen molar-refractivity contribution in [1.29, 1.82) is 0 Å². The molecular weight excluding hydrogens is 236 g/mol. The summed E-state index contributed by atoms with van der Waals surface area (Å²) in [5.41, 5.74) is 0. The summed E-state index contributed by atoms with van der Waals surface area (Å²) in [6.45, 7) is 7.16. The van der Waals surface area contributed by atoms with Gasteiger partial charge in [-0.1, -0.05) is 17.7 Å². The van der Waals surface area contributed by atoms with Crippen LogP contribution in [-0.2, 0) is 0 Å². The van der Waals surface area contributed by atoms with Crippen LogP contribution < -0.4 is 10.1 Å². The molecule has 2 rings (SSSR count). The van der Waals surface area contributed by atoms with Gasteiger partial charge in [-0.15, -0.1) is 0 Å². The van der Waals surface area contributed by atoms with Gasteiger partial charge in [0, 0.05) is 37.2 Å². The largest absolute Gasteiger partial charge is 0.492 e. The summed E-state index contributed by atoms with van der Waals surface area (Å²) < 4.78 is 5.69. The molecule has 0 unspecified atom stereocenters. The summed E-state index contributed by atoms with van der Waals surface area (Å²) in [6.07, 6.45) is 0. The van der Waals surface area contributed by atoms with Gasteiger partial charge in [-0.25, -0.2) is 0 Å². The topological polar surface area (TPSA) is 24.5 Å². The number of ether oxygens (including phenoxy) is 1. The molecule has 0 radical (unpaired) electrons. The van der Waals surface area contributed by atoms with Crippen LogP contribution in [0, 0.1) is 0 Å². The molecule has 1 atom stereocenters. The summed E-state index contributed by atoms with van der Waals surface area (Å²) >= 11 is 5.90. The Morgan fingerprint density at radius 1 is 1.53 bits per heavy atom. The molecule has 1 heterocycles. The Morgan fingerprint density at radius 3 is 3.18 bits per heavy atom. The first-order chi connectivity index (χ1) is 8.25. The number of hydrogen-bond donors (Lipinski definition) is 1. The highest BCUT2D eigenvalue weighted by Crippen LogP contribution is 2.17. The van der Waals surface area contributed by atoms with E-state index in [0.717, 1.165) is 37.0 Å². The van der Waals surface area contributed by atoms with E-state index in [2.05, 4.69) is 17.1 Å². The molecule has 0 bridgehead atoms. The summed E-state index contributed by atoms with van der Waals surface area (Å²) in [6, 6.07) is 8.14. The maximum atomic E-state index is 5.90. The van der Waals surface area contributed by atoms with Crippen LogP contribution in [0.5, 0.6) is 5.75 Å². The standard InChI is InChI=1S/C13H19ClN2O/c1-11-10-15-5-6-16(11)7-8-17-13-4-2-3-12(14)9-13/h2-4,9,11,15H,5-8,10H2,1H3/t11-/m0/s1. The molecule has 94 valence electrons. The lowest BCUT2D eigenvalue weighted by Gasteiger charge is -2.33. The van der Waals surface area contributed by atoms with Gasteiger partial charge in [0.05, 0.1) is 0 Å². The molecule has 0 amide bonds. The van der Waals surface area contributed by atoms with Crippen molar-refractivity contribution in [2.45, 2.75) is 13.0 Å². The second-order valence-corrected chi connectivity index (χ2v) is 4.83. The van der Waals surface area contributed by atoms with Gasteiger partial charge in [0.15, 0.2) is 0 Å². The van der Waals surface area contributed by atoms with E-state index in [-0.39, 0.29) is 0 Å². The van der Waals surface area contributed by atoms with E-state index in [9.17, 15) is 0 Å². The number of nitrogens with one attached hydrogen (secondary N) is 1. The van der Waals surface area contributed by atoms with E-state index in [1.54, 1.807) is 0 Å². The predicted octanol–water partition coefficient (Wildman–Crippen LogP) is 2.01. The van der Waals surface area contributed by atoms with E-state index < -0.39 is 0 Å². The molecular formula is C13H19ClN2O. The molecule has 1 aliphatic rings. The Bertz CT molecular complexity index is 359. The average molecular weight is 255 g/mol. The van der Waals surface area contributed by atoms with Crippen molar-refractivity contribution in [3.8, 4) is 5.75 Å². The third-order valence-electron chi connectivity index (χ3n) is 3.08. The summed E-state index contributed by atoms with van der Waals surface area (Å²) in [4.78, 5) is 2.45. The molecule has 0 saturated carbocycles. The molecule has 3 nitrogen and oxygen atoms in total. The van der Waals surface area contributed by atoms with Crippen LogP contribution in [0.2, 0.25) is 5.02 Å². The summed E-state index contributed by atoms with van der Waals surface area (Å²) in [5.74, 6) is 0.847. The van der Waals surface area contributed by atoms with Crippen LogP contribution in [0.3, 0.4) is 0 Å². The minimum absolute atomic E-state index is 0.590. The SMILES string of the molecule is C[C@H]1CNCCN1CCOc1cccc(Cl)c1. The fourth-order valence-corrected chi connectivity index (χ4v) is 2.23. The molecule has 1 aromatic carbocycles. The highest BCUT2D eigenvalue weighted by Gasteiger charge is 2.16. The second kappa shape index (κ2) is 6.24. The third-order valence-corrected chi connectivity index (χ3v) is 3.32. The van der Waals surface area contributed by atoms with Crippen LogP contribution in [-0.4, -0.2) is 43.7 Å². The number of rotatable bonds is 4. The molecule has 4 heteroatoms.